The molecule has 1 aliphatic heterocycles. The van der Waals surface area contributed by atoms with Crippen molar-refractivity contribution in [2.24, 2.45) is 0 Å². The molecule has 1 N–H and O–H groups in total. The van der Waals surface area contributed by atoms with Crippen molar-refractivity contribution in [1.29, 1.82) is 0 Å². The van der Waals surface area contributed by atoms with Crippen molar-refractivity contribution < 1.29 is 24.1 Å². The molecule has 5 heteroatoms. The Balaban J connectivity index is 2.37. The summed E-state index contributed by atoms with van der Waals surface area (Å²) < 4.78 is 15.9. The van der Waals surface area contributed by atoms with E-state index in [1.54, 1.807) is 6.07 Å². The van der Waals surface area contributed by atoms with Gasteiger partial charge >= 0.3 is 5.97 Å². The first-order valence-corrected chi connectivity index (χ1v) is 5.31. The van der Waals surface area contributed by atoms with Gasteiger partial charge < -0.3 is 19.3 Å². The molecular weight excluding hydrogens is 224 g/mol. The van der Waals surface area contributed by atoms with Crippen LogP contribution in [-0.4, -0.2) is 25.0 Å². The monoisotopic (exact) mass is 238 g/mol. The van der Waals surface area contributed by atoms with Gasteiger partial charge in [-0.05, 0) is 12.0 Å². The number of benzene rings is 1. The summed E-state index contributed by atoms with van der Waals surface area (Å²) in [5.74, 6) is 0.776. The van der Waals surface area contributed by atoms with E-state index in [1.165, 1.54) is 7.11 Å². The van der Waals surface area contributed by atoms with Crippen LogP contribution in [0.25, 0.3) is 0 Å². The Hall–Kier alpha value is -1.91. The Labute approximate surface area is 98.9 Å². The van der Waals surface area contributed by atoms with Gasteiger partial charge in [0, 0.05) is 5.56 Å². The van der Waals surface area contributed by atoms with Gasteiger partial charge in [-0.25, -0.2) is 0 Å². The molecule has 0 radical (unpaired) electrons. The molecule has 2 rings (SSSR count). The molecule has 5 nitrogen and oxygen atoms in total. The largest absolute Gasteiger partial charge is 0.492 e. The number of ether oxygens (including phenoxy) is 3. The van der Waals surface area contributed by atoms with Gasteiger partial charge in [0.2, 0.25) is 12.5 Å². The smallest absolute Gasteiger partial charge is 0.303 e. The van der Waals surface area contributed by atoms with Crippen LogP contribution in [0.4, 0.5) is 0 Å². The number of carboxylic acid groups (broad SMARTS) is 1. The third kappa shape index (κ3) is 2.13. The van der Waals surface area contributed by atoms with Gasteiger partial charge in [0.25, 0.3) is 0 Å². The summed E-state index contributed by atoms with van der Waals surface area (Å²) in [5, 5.41) is 8.81. The quantitative estimate of drug-likeness (QED) is 0.869. The van der Waals surface area contributed by atoms with E-state index in [2.05, 4.69) is 0 Å². The number of hydrogen-bond donors (Lipinski definition) is 1. The molecule has 1 aliphatic rings. The molecule has 0 saturated carbocycles. The number of rotatable bonds is 4. The minimum Gasteiger partial charge on any atom is -0.492 e. The second-order valence-corrected chi connectivity index (χ2v) is 3.92. The molecule has 1 aromatic carbocycles. The van der Waals surface area contributed by atoms with Gasteiger partial charge in [-0.15, -0.1) is 0 Å². The highest BCUT2D eigenvalue weighted by Crippen LogP contribution is 2.45. The lowest BCUT2D eigenvalue weighted by atomic mass is 9.96. The SMILES string of the molecule is COc1c(C(C)CC(=O)O)ccc2c1OCO2. The summed E-state index contributed by atoms with van der Waals surface area (Å²) in [4.78, 5) is 10.7. The number of hydrogen-bond acceptors (Lipinski definition) is 4. The molecule has 1 aromatic rings. The summed E-state index contributed by atoms with van der Waals surface area (Å²) in [6.45, 7) is 2.01. The fraction of sp³-hybridized carbons (Fsp3) is 0.417. The molecule has 1 heterocycles. The first kappa shape index (κ1) is 11.6. The Morgan fingerprint density at radius 2 is 2.29 bits per heavy atom. The molecule has 0 aromatic heterocycles. The van der Waals surface area contributed by atoms with E-state index in [4.69, 9.17) is 19.3 Å². The van der Waals surface area contributed by atoms with Gasteiger partial charge in [0.15, 0.2) is 11.5 Å². The van der Waals surface area contributed by atoms with Crippen LogP contribution in [0.15, 0.2) is 12.1 Å². The molecule has 17 heavy (non-hydrogen) atoms. The first-order valence-electron chi connectivity index (χ1n) is 5.31. The van der Waals surface area contributed by atoms with E-state index in [-0.39, 0.29) is 19.1 Å². The number of fused-ring (bicyclic) bond motifs is 1. The van der Waals surface area contributed by atoms with Crippen molar-refractivity contribution in [3.05, 3.63) is 17.7 Å². The summed E-state index contributed by atoms with van der Waals surface area (Å²) in [7, 11) is 1.54. The van der Waals surface area contributed by atoms with Crippen LogP contribution in [0.5, 0.6) is 17.2 Å². The molecule has 0 amide bonds. The van der Waals surface area contributed by atoms with E-state index in [0.29, 0.717) is 17.2 Å². The maximum Gasteiger partial charge on any atom is 0.303 e. The van der Waals surface area contributed by atoms with Crippen LogP contribution in [-0.2, 0) is 4.79 Å². The van der Waals surface area contributed by atoms with E-state index in [0.717, 1.165) is 5.56 Å². The Kier molecular flexibility index (Phi) is 3.08. The zero-order valence-electron chi connectivity index (χ0n) is 9.73. The molecule has 1 unspecified atom stereocenters. The highest BCUT2D eigenvalue weighted by molar-refractivity contribution is 5.69. The molecule has 92 valence electrons. The van der Waals surface area contributed by atoms with Crippen LogP contribution < -0.4 is 14.2 Å². The van der Waals surface area contributed by atoms with Crippen molar-refractivity contribution in [2.45, 2.75) is 19.3 Å². The predicted molar refractivity (Wildman–Crippen MR) is 59.8 cm³/mol. The lowest BCUT2D eigenvalue weighted by Gasteiger charge is -2.15. The van der Waals surface area contributed by atoms with Crippen molar-refractivity contribution >= 4 is 5.97 Å². The summed E-state index contributed by atoms with van der Waals surface area (Å²) in [6, 6.07) is 3.60. The summed E-state index contributed by atoms with van der Waals surface area (Å²) in [6.07, 6.45) is 0.0516. The zero-order valence-corrected chi connectivity index (χ0v) is 9.73. The molecule has 1 atom stereocenters. The lowest BCUT2D eigenvalue weighted by Crippen LogP contribution is -2.05. The molecular formula is C12H14O5. The maximum atomic E-state index is 10.7. The average molecular weight is 238 g/mol. The average Bonchev–Trinajstić information content (AvgIpc) is 2.74. The third-order valence-corrected chi connectivity index (χ3v) is 2.74. The minimum absolute atomic E-state index is 0.0516. The van der Waals surface area contributed by atoms with Gasteiger partial charge in [0.05, 0.1) is 13.5 Å². The van der Waals surface area contributed by atoms with Crippen molar-refractivity contribution in [2.75, 3.05) is 13.9 Å². The Morgan fingerprint density at radius 1 is 1.53 bits per heavy atom. The maximum absolute atomic E-state index is 10.7. The minimum atomic E-state index is -0.836. The van der Waals surface area contributed by atoms with Crippen LogP contribution in [0.3, 0.4) is 0 Å². The molecule has 0 spiro atoms. The van der Waals surface area contributed by atoms with E-state index in [1.807, 2.05) is 13.0 Å². The normalized spacial score (nSPS) is 14.5. The summed E-state index contributed by atoms with van der Waals surface area (Å²) >= 11 is 0. The van der Waals surface area contributed by atoms with Crippen LogP contribution in [0, 0.1) is 0 Å². The third-order valence-electron chi connectivity index (χ3n) is 2.74. The number of carbonyl (C=O) groups is 1. The summed E-state index contributed by atoms with van der Waals surface area (Å²) in [5.41, 5.74) is 0.819. The number of aliphatic carboxylic acids is 1. The second kappa shape index (κ2) is 4.53. The van der Waals surface area contributed by atoms with Gasteiger partial charge in [0.1, 0.15) is 0 Å². The molecule has 0 aliphatic carbocycles. The van der Waals surface area contributed by atoms with Crippen LogP contribution in [0.1, 0.15) is 24.8 Å². The first-order chi connectivity index (χ1) is 8.13. The van der Waals surface area contributed by atoms with Crippen molar-refractivity contribution in [1.82, 2.24) is 0 Å². The number of methoxy groups -OCH3 is 1. The van der Waals surface area contributed by atoms with Gasteiger partial charge in [-0.2, -0.15) is 0 Å². The highest BCUT2D eigenvalue weighted by atomic mass is 16.7. The highest BCUT2D eigenvalue weighted by Gasteiger charge is 2.24. The topological polar surface area (TPSA) is 65.0 Å². The number of carboxylic acids is 1. The van der Waals surface area contributed by atoms with Crippen LogP contribution in [0.2, 0.25) is 0 Å². The van der Waals surface area contributed by atoms with E-state index < -0.39 is 5.97 Å². The molecule has 0 fully saturated rings. The Morgan fingerprint density at radius 3 is 2.94 bits per heavy atom. The van der Waals surface area contributed by atoms with Crippen molar-refractivity contribution in [3.8, 4) is 17.2 Å². The zero-order chi connectivity index (χ0) is 12.4. The fourth-order valence-electron chi connectivity index (χ4n) is 1.93. The predicted octanol–water partition coefficient (Wildman–Crippen LogP) is 2.00. The van der Waals surface area contributed by atoms with E-state index in [9.17, 15) is 4.79 Å². The standard InChI is InChI=1S/C12H14O5/c1-7(5-10(13)14)8-3-4-9-12(11(8)15-2)17-6-16-9/h3-4,7H,5-6H2,1-2H3,(H,13,14). The van der Waals surface area contributed by atoms with Crippen LogP contribution >= 0.6 is 0 Å². The molecule has 0 bridgehead atoms. The van der Waals surface area contributed by atoms with Gasteiger partial charge in [-0.3, -0.25) is 4.79 Å². The lowest BCUT2D eigenvalue weighted by molar-refractivity contribution is -0.137. The van der Waals surface area contributed by atoms with Crippen molar-refractivity contribution in [3.63, 3.8) is 0 Å². The van der Waals surface area contributed by atoms with E-state index >= 15 is 0 Å². The Bertz CT molecular complexity index is 441. The molecule has 0 saturated heterocycles. The fourth-order valence-corrected chi connectivity index (χ4v) is 1.93. The van der Waals surface area contributed by atoms with Gasteiger partial charge in [-0.1, -0.05) is 13.0 Å². The second-order valence-electron chi connectivity index (χ2n) is 3.92.